The number of carbonyl (C=O) groups is 3. The Labute approximate surface area is 171 Å². The predicted molar refractivity (Wildman–Crippen MR) is 108 cm³/mol. The molecule has 0 spiro atoms. The van der Waals surface area contributed by atoms with E-state index < -0.39 is 22.8 Å². The van der Waals surface area contributed by atoms with Crippen molar-refractivity contribution in [3.63, 3.8) is 0 Å². The summed E-state index contributed by atoms with van der Waals surface area (Å²) >= 11 is 0. The van der Waals surface area contributed by atoms with Crippen molar-refractivity contribution in [3.05, 3.63) is 42.3 Å². The van der Waals surface area contributed by atoms with Gasteiger partial charge in [-0.05, 0) is 12.0 Å². The molecule has 1 heterocycles. The van der Waals surface area contributed by atoms with Gasteiger partial charge in [-0.3, -0.25) is 9.59 Å². The van der Waals surface area contributed by atoms with Crippen LogP contribution in [0.5, 0.6) is 0 Å². The maximum absolute atomic E-state index is 12.4. The molecule has 1 radical (unpaired) electrons. The largest absolute Gasteiger partial charge is 0.369 e. The second kappa shape index (κ2) is 9.41. The quantitative estimate of drug-likeness (QED) is 0.642. The Hall–Kier alpha value is -3.08. The summed E-state index contributed by atoms with van der Waals surface area (Å²) in [5, 5.41) is 15.2. The molecule has 1 aliphatic rings. The molecule has 8 heteroatoms. The maximum Gasteiger partial charge on any atom is 0.317 e. The summed E-state index contributed by atoms with van der Waals surface area (Å²) in [5.41, 5.74) is 4.45. The van der Waals surface area contributed by atoms with Crippen LogP contribution in [0.25, 0.3) is 0 Å². The number of hydrogen-bond acceptors (Lipinski definition) is 4. The van der Waals surface area contributed by atoms with Crippen molar-refractivity contribution in [1.82, 2.24) is 15.5 Å². The lowest BCUT2D eigenvalue weighted by Crippen LogP contribution is -2.56. The molecule has 155 valence electrons. The number of nitrogens with one attached hydrogen (secondary N) is 2. The van der Waals surface area contributed by atoms with Crippen molar-refractivity contribution in [3.8, 4) is 6.07 Å². The number of benzene rings is 1. The first-order valence-electron chi connectivity index (χ1n) is 9.61. The van der Waals surface area contributed by atoms with Gasteiger partial charge in [0.1, 0.15) is 5.54 Å². The lowest BCUT2D eigenvalue weighted by atomic mass is 9.86. The third kappa shape index (κ3) is 6.21. The molecule has 0 aliphatic carbocycles. The van der Waals surface area contributed by atoms with Crippen LogP contribution in [-0.2, 0) is 16.1 Å². The molecule has 1 fully saturated rings. The first-order chi connectivity index (χ1) is 13.7. The van der Waals surface area contributed by atoms with Gasteiger partial charge in [0.2, 0.25) is 11.8 Å². The highest BCUT2D eigenvalue weighted by Crippen LogP contribution is 2.24. The number of piperidine rings is 1. The van der Waals surface area contributed by atoms with Crippen molar-refractivity contribution in [2.24, 2.45) is 11.1 Å². The molecule has 1 aromatic rings. The van der Waals surface area contributed by atoms with Gasteiger partial charge in [-0.2, -0.15) is 5.26 Å². The fraction of sp³-hybridized carbons (Fsp3) is 0.476. The van der Waals surface area contributed by atoms with Crippen LogP contribution in [0.4, 0.5) is 4.79 Å². The Kier molecular flexibility index (Phi) is 7.21. The number of nitrogens with zero attached hydrogens (tertiary/aromatic N) is 2. The van der Waals surface area contributed by atoms with Crippen LogP contribution in [0.1, 0.15) is 38.7 Å². The average molecular weight is 398 g/mol. The summed E-state index contributed by atoms with van der Waals surface area (Å²) in [6.45, 7) is 4.47. The Balaban J connectivity index is 1.82. The van der Waals surface area contributed by atoms with E-state index in [1.807, 2.05) is 30.3 Å². The fourth-order valence-electron chi connectivity index (χ4n) is 2.98. The van der Waals surface area contributed by atoms with E-state index in [0.29, 0.717) is 32.5 Å². The molecule has 1 aliphatic heterocycles. The first kappa shape index (κ1) is 22.2. The summed E-state index contributed by atoms with van der Waals surface area (Å²) in [6, 6.07) is 11.6. The number of amides is 4. The van der Waals surface area contributed by atoms with Crippen LogP contribution in [-0.4, -0.2) is 41.4 Å². The molecule has 1 aromatic carbocycles. The van der Waals surface area contributed by atoms with E-state index in [9.17, 15) is 19.6 Å². The standard InChI is InChI=1S/C21H28N5O3/c1-20(2,18(23)28)9-8-17(27)25-21(15-22)10-12-26(13-11-21)19(29)24-14-16-6-4-3-5-7-16/h3-8H,9-14H2,1-2H3,(H2,23,28)(H,24,29)(H,25,27). The van der Waals surface area contributed by atoms with Gasteiger partial charge >= 0.3 is 6.03 Å². The van der Waals surface area contributed by atoms with E-state index in [1.165, 1.54) is 6.42 Å². The van der Waals surface area contributed by atoms with Gasteiger partial charge < -0.3 is 21.3 Å². The van der Waals surface area contributed by atoms with Crippen LogP contribution >= 0.6 is 0 Å². The van der Waals surface area contributed by atoms with Gasteiger partial charge in [-0.15, -0.1) is 0 Å². The molecule has 8 nitrogen and oxygen atoms in total. The van der Waals surface area contributed by atoms with Crippen molar-refractivity contribution < 1.29 is 14.4 Å². The van der Waals surface area contributed by atoms with Gasteiger partial charge in [0.15, 0.2) is 0 Å². The predicted octanol–water partition coefficient (Wildman–Crippen LogP) is 1.48. The van der Waals surface area contributed by atoms with Crippen molar-refractivity contribution in [2.75, 3.05) is 13.1 Å². The number of urea groups is 1. The molecular weight excluding hydrogens is 370 g/mol. The van der Waals surface area contributed by atoms with Crippen molar-refractivity contribution >= 4 is 17.8 Å². The van der Waals surface area contributed by atoms with Crippen LogP contribution in [0.3, 0.4) is 0 Å². The van der Waals surface area contributed by atoms with Gasteiger partial charge in [-0.1, -0.05) is 44.2 Å². The minimum absolute atomic E-state index is 0.184. The van der Waals surface area contributed by atoms with E-state index in [-0.39, 0.29) is 12.5 Å². The van der Waals surface area contributed by atoms with Crippen molar-refractivity contribution in [1.29, 1.82) is 5.26 Å². The lowest BCUT2D eigenvalue weighted by Gasteiger charge is -2.37. The Morgan fingerprint density at radius 1 is 1.24 bits per heavy atom. The van der Waals surface area contributed by atoms with Crippen LogP contribution < -0.4 is 16.4 Å². The highest BCUT2D eigenvalue weighted by molar-refractivity contribution is 5.87. The second-order valence-electron chi connectivity index (χ2n) is 7.97. The topological polar surface area (TPSA) is 128 Å². The van der Waals surface area contributed by atoms with Crippen molar-refractivity contribution in [2.45, 2.75) is 45.2 Å². The maximum atomic E-state index is 12.4. The molecule has 0 unspecified atom stereocenters. The second-order valence-corrected chi connectivity index (χ2v) is 7.97. The summed E-state index contributed by atoms with van der Waals surface area (Å²) in [4.78, 5) is 37.6. The smallest absolute Gasteiger partial charge is 0.317 e. The zero-order chi connectivity index (χ0) is 21.5. The lowest BCUT2D eigenvalue weighted by molar-refractivity contribution is -0.126. The number of carbonyl (C=O) groups excluding carboxylic acids is 3. The monoisotopic (exact) mass is 398 g/mol. The number of hydrogen-bond donors (Lipinski definition) is 3. The summed E-state index contributed by atoms with van der Waals surface area (Å²) < 4.78 is 0. The van der Waals surface area contributed by atoms with Gasteiger partial charge in [0.05, 0.1) is 12.5 Å². The van der Waals surface area contributed by atoms with E-state index in [4.69, 9.17) is 5.73 Å². The minimum atomic E-state index is -1.03. The number of likely N-dealkylation sites (tertiary alicyclic amines) is 1. The van der Waals surface area contributed by atoms with E-state index in [2.05, 4.69) is 16.7 Å². The number of nitriles is 1. The Morgan fingerprint density at radius 3 is 2.41 bits per heavy atom. The Bertz CT molecular complexity index is 777. The average Bonchev–Trinajstić information content (AvgIpc) is 2.71. The highest BCUT2D eigenvalue weighted by Gasteiger charge is 2.38. The zero-order valence-corrected chi connectivity index (χ0v) is 16.9. The molecule has 1 saturated heterocycles. The molecular formula is C21H28N5O3. The molecule has 4 amide bonds. The number of nitrogens with two attached hydrogens (primary N) is 1. The molecule has 0 bridgehead atoms. The Morgan fingerprint density at radius 2 is 1.86 bits per heavy atom. The number of primary amides is 1. The molecule has 0 aromatic heterocycles. The summed E-state index contributed by atoms with van der Waals surface area (Å²) in [5.74, 6) is -0.908. The molecule has 0 atom stereocenters. The SMILES string of the molecule is CC(C)(C[CH]C(=O)NC1(C#N)CCN(C(=O)NCc2ccccc2)CC1)C(N)=O. The van der Waals surface area contributed by atoms with Crippen LogP contribution in [0.15, 0.2) is 30.3 Å². The van der Waals surface area contributed by atoms with E-state index >= 15 is 0 Å². The highest BCUT2D eigenvalue weighted by atomic mass is 16.2. The van der Waals surface area contributed by atoms with Gasteiger partial charge in [-0.25, -0.2) is 4.79 Å². The summed E-state index contributed by atoms with van der Waals surface area (Å²) in [7, 11) is 0. The molecule has 4 N–H and O–H groups in total. The van der Waals surface area contributed by atoms with Gasteiger partial charge in [0, 0.05) is 37.9 Å². The molecule has 0 saturated carbocycles. The van der Waals surface area contributed by atoms with E-state index in [0.717, 1.165) is 5.56 Å². The third-order valence-corrected chi connectivity index (χ3v) is 5.23. The summed E-state index contributed by atoms with van der Waals surface area (Å²) in [6.07, 6.45) is 2.20. The van der Waals surface area contributed by atoms with E-state index in [1.54, 1.807) is 18.7 Å². The van der Waals surface area contributed by atoms with Crippen LogP contribution in [0.2, 0.25) is 0 Å². The third-order valence-electron chi connectivity index (χ3n) is 5.23. The zero-order valence-electron chi connectivity index (χ0n) is 16.9. The molecule has 29 heavy (non-hydrogen) atoms. The normalized spacial score (nSPS) is 15.8. The molecule has 2 rings (SSSR count). The van der Waals surface area contributed by atoms with Gasteiger partial charge in [0.25, 0.3) is 0 Å². The first-order valence-corrected chi connectivity index (χ1v) is 9.61. The fourth-order valence-corrected chi connectivity index (χ4v) is 2.98. The number of rotatable bonds is 7. The minimum Gasteiger partial charge on any atom is -0.369 e. The van der Waals surface area contributed by atoms with Crippen LogP contribution in [0, 0.1) is 23.2 Å².